The van der Waals surface area contributed by atoms with Crippen molar-refractivity contribution in [1.82, 2.24) is 20.3 Å². The fourth-order valence-electron chi connectivity index (χ4n) is 2.53. The van der Waals surface area contributed by atoms with Crippen LogP contribution in [0.5, 0.6) is 0 Å². The topological polar surface area (TPSA) is 125 Å². The fraction of sp³-hybridized carbons (Fsp3) is 0.286. The molecule has 0 fully saturated rings. The molecule has 3 amide bonds. The lowest BCUT2D eigenvalue weighted by atomic mass is 10.2. The maximum atomic E-state index is 12.2. The number of hydrogen-bond acceptors (Lipinski definition) is 5. The smallest absolute Gasteiger partial charge is 0.251 e. The van der Waals surface area contributed by atoms with Crippen molar-refractivity contribution in [2.75, 3.05) is 27.2 Å². The molecule has 0 aliphatic heterocycles. The Morgan fingerprint density at radius 1 is 0.871 bits per heavy atom. The number of sulfonamides is 1. The molecular formula is C21H26N4O5S. The second-order valence-electron chi connectivity index (χ2n) is 6.86. The highest BCUT2D eigenvalue weighted by Gasteiger charge is 2.19. The van der Waals surface area contributed by atoms with E-state index in [0.29, 0.717) is 6.54 Å². The van der Waals surface area contributed by atoms with Crippen LogP contribution in [0, 0.1) is 0 Å². The third kappa shape index (κ3) is 7.50. The van der Waals surface area contributed by atoms with Crippen molar-refractivity contribution in [2.24, 2.45) is 0 Å². The zero-order valence-corrected chi connectivity index (χ0v) is 18.2. The Labute approximate surface area is 181 Å². The van der Waals surface area contributed by atoms with Crippen molar-refractivity contribution in [2.45, 2.75) is 17.9 Å². The van der Waals surface area contributed by atoms with Crippen LogP contribution in [0.15, 0.2) is 59.5 Å². The highest BCUT2D eigenvalue weighted by atomic mass is 32.2. The normalized spacial score (nSPS) is 11.1. The van der Waals surface area contributed by atoms with Crippen LogP contribution in [-0.4, -0.2) is 57.6 Å². The first-order valence-corrected chi connectivity index (χ1v) is 11.0. The maximum absolute atomic E-state index is 12.2. The summed E-state index contributed by atoms with van der Waals surface area (Å²) in [6.07, 6.45) is 0.108. The minimum atomic E-state index is -3.67. The van der Waals surface area contributed by atoms with Crippen molar-refractivity contribution in [3.05, 3.63) is 65.7 Å². The average molecular weight is 447 g/mol. The molecule has 0 aliphatic carbocycles. The summed E-state index contributed by atoms with van der Waals surface area (Å²) in [6, 6.07) is 15.0. The van der Waals surface area contributed by atoms with Crippen LogP contribution in [0.2, 0.25) is 0 Å². The standard InChI is InChI=1S/C21H26N4O5S/c1-25(2)31(29,30)18-10-6-9-17(13-18)21(28)24-15-20(27)22-12-11-19(26)23-14-16-7-4-3-5-8-16/h3-10,13H,11-12,14-15H2,1-2H3,(H,22,27)(H,23,26)(H,24,28). The molecule has 10 heteroatoms. The van der Waals surface area contributed by atoms with E-state index >= 15 is 0 Å². The van der Waals surface area contributed by atoms with Gasteiger partial charge in [-0.25, -0.2) is 12.7 Å². The number of benzene rings is 2. The Balaban J connectivity index is 1.73. The molecule has 2 aromatic rings. The van der Waals surface area contributed by atoms with Gasteiger partial charge < -0.3 is 16.0 Å². The van der Waals surface area contributed by atoms with Gasteiger partial charge in [0.05, 0.1) is 11.4 Å². The van der Waals surface area contributed by atoms with Crippen LogP contribution < -0.4 is 16.0 Å². The minimum absolute atomic E-state index is 0.0175. The van der Waals surface area contributed by atoms with Crippen LogP contribution >= 0.6 is 0 Å². The summed E-state index contributed by atoms with van der Waals surface area (Å²) in [6.45, 7) is 0.243. The summed E-state index contributed by atoms with van der Waals surface area (Å²) in [5, 5.41) is 7.74. The molecular weight excluding hydrogens is 420 g/mol. The lowest BCUT2D eigenvalue weighted by Crippen LogP contribution is -2.38. The highest BCUT2D eigenvalue weighted by Crippen LogP contribution is 2.14. The summed E-state index contributed by atoms with van der Waals surface area (Å²) in [4.78, 5) is 35.9. The van der Waals surface area contributed by atoms with E-state index in [2.05, 4.69) is 16.0 Å². The Morgan fingerprint density at radius 2 is 1.58 bits per heavy atom. The molecule has 166 valence electrons. The van der Waals surface area contributed by atoms with E-state index in [-0.39, 0.29) is 35.9 Å². The quantitative estimate of drug-likeness (QED) is 0.490. The third-order valence-electron chi connectivity index (χ3n) is 4.29. The van der Waals surface area contributed by atoms with Gasteiger partial charge in [-0.3, -0.25) is 14.4 Å². The number of amides is 3. The van der Waals surface area contributed by atoms with Crippen LogP contribution in [0.1, 0.15) is 22.3 Å². The second kappa shape index (κ2) is 11.2. The first-order valence-electron chi connectivity index (χ1n) is 9.58. The predicted molar refractivity (Wildman–Crippen MR) is 116 cm³/mol. The monoisotopic (exact) mass is 446 g/mol. The van der Waals surface area contributed by atoms with Gasteiger partial charge in [-0.1, -0.05) is 36.4 Å². The number of carbonyl (C=O) groups excluding carboxylic acids is 3. The van der Waals surface area contributed by atoms with Crippen LogP contribution in [0.4, 0.5) is 0 Å². The summed E-state index contributed by atoms with van der Waals surface area (Å²) >= 11 is 0. The van der Waals surface area contributed by atoms with E-state index in [0.717, 1.165) is 9.87 Å². The van der Waals surface area contributed by atoms with E-state index in [4.69, 9.17) is 0 Å². The third-order valence-corrected chi connectivity index (χ3v) is 6.10. The number of hydrogen-bond donors (Lipinski definition) is 3. The average Bonchev–Trinajstić information content (AvgIpc) is 2.76. The molecule has 2 rings (SSSR count). The molecule has 0 saturated heterocycles. The van der Waals surface area contributed by atoms with Gasteiger partial charge in [0.25, 0.3) is 5.91 Å². The minimum Gasteiger partial charge on any atom is -0.354 e. The van der Waals surface area contributed by atoms with E-state index in [9.17, 15) is 22.8 Å². The molecule has 0 spiro atoms. The maximum Gasteiger partial charge on any atom is 0.251 e. The Bertz CT molecular complexity index is 1020. The number of nitrogens with one attached hydrogen (secondary N) is 3. The lowest BCUT2D eigenvalue weighted by Gasteiger charge is -2.12. The first-order chi connectivity index (χ1) is 14.7. The van der Waals surface area contributed by atoms with E-state index in [1.165, 1.54) is 38.4 Å². The van der Waals surface area contributed by atoms with Crippen molar-refractivity contribution < 1.29 is 22.8 Å². The largest absolute Gasteiger partial charge is 0.354 e. The van der Waals surface area contributed by atoms with Gasteiger partial charge in [0.1, 0.15) is 0 Å². The molecule has 0 aromatic heterocycles. The van der Waals surface area contributed by atoms with Crippen molar-refractivity contribution in [1.29, 1.82) is 0 Å². The van der Waals surface area contributed by atoms with Gasteiger partial charge in [-0.15, -0.1) is 0 Å². The van der Waals surface area contributed by atoms with Crippen LogP contribution in [0.3, 0.4) is 0 Å². The molecule has 31 heavy (non-hydrogen) atoms. The molecule has 3 N–H and O–H groups in total. The van der Waals surface area contributed by atoms with Crippen molar-refractivity contribution in [3.8, 4) is 0 Å². The molecule has 0 atom stereocenters. The second-order valence-corrected chi connectivity index (χ2v) is 9.01. The van der Waals surface area contributed by atoms with E-state index in [1.54, 1.807) is 0 Å². The van der Waals surface area contributed by atoms with Gasteiger partial charge in [-0.2, -0.15) is 0 Å². The van der Waals surface area contributed by atoms with Crippen LogP contribution in [-0.2, 0) is 26.2 Å². The molecule has 0 aliphatic rings. The Morgan fingerprint density at radius 3 is 2.26 bits per heavy atom. The number of nitrogens with zero attached hydrogens (tertiary/aromatic N) is 1. The lowest BCUT2D eigenvalue weighted by molar-refractivity contribution is -0.122. The highest BCUT2D eigenvalue weighted by molar-refractivity contribution is 7.89. The Hall–Kier alpha value is -3.24. The molecule has 0 radical (unpaired) electrons. The van der Waals surface area contributed by atoms with Crippen molar-refractivity contribution >= 4 is 27.7 Å². The molecule has 0 saturated carbocycles. The first kappa shape index (κ1) is 24.0. The zero-order valence-electron chi connectivity index (χ0n) is 17.4. The summed E-state index contributed by atoms with van der Waals surface area (Å²) in [5.74, 6) is -1.24. The van der Waals surface area contributed by atoms with Gasteiger partial charge in [0.15, 0.2) is 0 Å². The molecule has 0 unspecified atom stereocenters. The van der Waals surface area contributed by atoms with Crippen LogP contribution in [0.25, 0.3) is 0 Å². The molecule has 0 bridgehead atoms. The zero-order chi connectivity index (χ0) is 22.9. The van der Waals surface area contributed by atoms with E-state index < -0.39 is 21.8 Å². The summed E-state index contributed by atoms with van der Waals surface area (Å²) in [7, 11) is -0.876. The molecule has 0 heterocycles. The van der Waals surface area contributed by atoms with E-state index in [1.807, 2.05) is 30.3 Å². The van der Waals surface area contributed by atoms with Gasteiger partial charge in [-0.05, 0) is 23.8 Å². The fourth-order valence-corrected chi connectivity index (χ4v) is 3.48. The van der Waals surface area contributed by atoms with Crippen molar-refractivity contribution in [3.63, 3.8) is 0 Å². The Kier molecular flexibility index (Phi) is 8.71. The van der Waals surface area contributed by atoms with Gasteiger partial charge >= 0.3 is 0 Å². The van der Waals surface area contributed by atoms with Gasteiger partial charge in [0.2, 0.25) is 21.8 Å². The molecule has 9 nitrogen and oxygen atoms in total. The molecule has 2 aromatic carbocycles. The predicted octanol–water partition coefficient (Wildman–Crippen LogP) is 0.489. The van der Waals surface area contributed by atoms with Gasteiger partial charge in [0, 0.05) is 39.2 Å². The summed E-state index contributed by atoms with van der Waals surface area (Å²) < 4.78 is 25.4. The summed E-state index contributed by atoms with van der Waals surface area (Å²) in [5.41, 5.74) is 1.10. The number of rotatable bonds is 10. The SMILES string of the molecule is CN(C)S(=O)(=O)c1cccc(C(=O)NCC(=O)NCCC(=O)NCc2ccccc2)c1. The number of carbonyl (C=O) groups is 3.